The normalized spacial score (nSPS) is 21.6. The number of hydrogen-bond acceptors (Lipinski definition) is 3. The highest BCUT2D eigenvalue weighted by Crippen LogP contribution is 2.43. The maximum atomic E-state index is 13.5. The molecule has 3 amide bonds. The lowest BCUT2D eigenvalue weighted by Gasteiger charge is -2.58. The second-order valence-electron chi connectivity index (χ2n) is 8.90. The van der Waals surface area contributed by atoms with E-state index in [2.05, 4.69) is 36.5 Å². The maximum absolute atomic E-state index is 13.5. The van der Waals surface area contributed by atoms with Crippen LogP contribution in [0.5, 0.6) is 0 Å². The molecule has 3 atom stereocenters. The third-order valence-corrected chi connectivity index (χ3v) is 6.87. The number of piperazine rings is 1. The number of rotatable bonds is 4. The van der Waals surface area contributed by atoms with Gasteiger partial charge in [0.05, 0.1) is 18.7 Å². The molecule has 34 heavy (non-hydrogen) atoms. The highest BCUT2D eigenvalue weighted by molar-refractivity contribution is 5.93. The molecule has 0 aromatic heterocycles. The molecule has 0 aliphatic carbocycles. The number of aryl methyl sites for hydroxylation is 1. The number of amides is 3. The molecule has 2 aliphatic rings. The number of carbonyl (C=O) groups excluding carboxylic acids is 2. The number of nitrogens with one attached hydrogen (secondary N) is 1. The van der Waals surface area contributed by atoms with Crippen LogP contribution < -0.4 is 5.32 Å². The first-order valence-corrected chi connectivity index (χ1v) is 11.4. The molecule has 0 saturated carbocycles. The smallest absolute Gasteiger partial charge is 0.322 e. The van der Waals surface area contributed by atoms with Crippen LogP contribution in [0.1, 0.15) is 17.0 Å². The zero-order valence-electron chi connectivity index (χ0n) is 18.8. The lowest BCUT2D eigenvalue weighted by atomic mass is 9.73. The molecule has 0 bridgehead atoms. The van der Waals surface area contributed by atoms with Crippen molar-refractivity contribution in [2.24, 2.45) is 0 Å². The Balaban J connectivity index is 1.35. The summed E-state index contributed by atoms with van der Waals surface area (Å²) in [4.78, 5) is 28.8. The fourth-order valence-electron chi connectivity index (χ4n) is 5.20. The largest absolute Gasteiger partial charge is 0.394 e. The maximum Gasteiger partial charge on any atom is 0.322 e. The highest BCUT2D eigenvalue weighted by atomic mass is 19.1. The summed E-state index contributed by atoms with van der Waals surface area (Å²) in [6, 6.07) is 21.1. The summed E-state index contributed by atoms with van der Waals surface area (Å²) in [6.07, 6.45) is 0. The Bertz CT molecular complexity index is 1230. The number of benzene rings is 3. The molecule has 2 aliphatic heterocycles. The van der Waals surface area contributed by atoms with Crippen molar-refractivity contribution >= 4 is 17.6 Å². The van der Waals surface area contributed by atoms with Crippen molar-refractivity contribution in [2.75, 3.05) is 25.0 Å². The standard InChI is InChI=1S/C27H26FN3O3/c1-17-5-2-3-8-22(17)18-9-11-19(12-10-18)26-23-14-30(15-25(33)31(23)24(26)16-32)27(34)29-21-7-4-6-20(28)13-21/h2-13,23-24,26,32H,14-16H2,1H3,(H,29,34)/t23-,24-,26+/m1/s1. The van der Waals surface area contributed by atoms with Gasteiger partial charge in [0.25, 0.3) is 0 Å². The van der Waals surface area contributed by atoms with Gasteiger partial charge in [-0.3, -0.25) is 4.79 Å². The van der Waals surface area contributed by atoms with Gasteiger partial charge in [0.1, 0.15) is 12.4 Å². The van der Waals surface area contributed by atoms with Gasteiger partial charge in [0.15, 0.2) is 0 Å². The summed E-state index contributed by atoms with van der Waals surface area (Å²) in [5.41, 5.74) is 4.82. The van der Waals surface area contributed by atoms with Gasteiger partial charge in [0, 0.05) is 18.2 Å². The minimum atomic E-state index is -0.447. The van der Waals surface area contributed by atoms with Crippen molar-refractivity contribution in [3.8, 4) is 11.1 Å². The summed E-state index contributed by atoms with van der Waals surface area (Å²) < 4.78 is 13.5. The average Bonchev–Trinajstić information content (AvgIpc) is 2.81. The molecule has 2 fully saturated rings. The number of aliphatic hydroxyl groups is 1. The van der Waals surface area contributed by atoms with Crippen molar-refractivity contribution in [1.29, 1.82) is 0 Å². The summed E-state index contributed by atoms with van der Waals surface area (Å²) in [5, 5.41) is 12.7. The van der Waals surface area contributed by atoms with E-state index < -0.39 is 11.8 Å². The number of halogens is 1. The summed E-state index contributed by atoms with van der Waals surface area (Å²) in [5.74, 6) is -0.722. The van der Waals surface area contributed by atoms with E-state index in [1.165, 1.54) is 28.7 Å². The first-order chi connectivity index (χ1) is 16.5. The van der Waals surface area contributed by atoms with Gasteiger partial charge in [-0.15, -0.1) is 0 Å². The van der Waals surface area contributed by atoms with Crippen LogP contribution in [0.3, 0.4) is 0 Å². The van der Waals surface area contributed by atoms with E-state index in [1.54, 1.807) is 11.0 Å². The fourth-order valence-corrected chi connectivity index (χ4v) is 5.20. The fraction of sp³-hybridized carbons (Fsp3) is 0.259. The molecule has 0 radical (unpaired) electrons. The van der Waals surface area contributed by atoms with Crippen molar-refractivity contribution in [3.63, 3.8) is 0 Å². The van der Waals surface area contributed by atoms with E-state index in [4.69, 9.17) is 0 Å². The Morgan fingerprint density at radius 1 is 1.09 bits per heavy atom. The Hall–Kier alpha value is -3.71. The van der Waals surface area contributed by atoms with Crippen LogP contribution in [-0.2, 0) is 4.79 Å². The predicted octanol–water partition coefficient (Wildman–Crippen LogP) is 4.00. The third kappa shape index (κ3) is 3.92. The Morgan fingerprint density at radius 2 is 1.85 bits per heavy atom. The van der Waals surface area contributed by atoms with Gasteiger partial charge in [-0.2, -0.15) is 0 Å². The van der Waals surface area contributed by atoms with E-state index >= 15 is 0 Å². The summed E-state index contributed by atoms with van der Waals surface area (Å²) in [6.45, 7) is 2.20. The molecule has 2 N–H and O–H groups in total. The molecule has 2 saturated heterocycles. The minimum absolute atomic E-state index is 0.0763. The van der Waals surface area contributed by atoms with E-state index in [1.807, 2.05) is 24.3 Å². The molecule has 0 unspecified atom stereocenters. The van der Waals surface area contributed by atoms with Gasteiger partial charge in [-0.25, -0.2) is 9.18 Å². The average molecular weight is 460 g/mol. The number of anilines is 1. The van der Waals surface area contributed by atoms with Crippen molar-refractivity contribution in [3.05, 3.63) is 89.7 Å². The molecular formula is C27H26FN3O3. The quantitative estimate of drug-likeness (QED) is 0.619. The first kappa shape index (κ1) is 22.1. The second-order valence-corrected chi connectivity index (χ2v) is 8.90. The molecular weight excluding hydrogens is 433 g/mol. The van der Waals surface area contributed by atoms with Crippen LogP contribution in [0.4, 0.5) is 14.9 Å². The van der Waals surface area contributed by atoms with Crippen molar-refractivity contribution in [1.82, 2.24) is 9.80 Å². The second kappa shape index (κ2) is 8.91. The topological polar surface area (TPSA) is 72.9 Å². The van der Waals surface area contributed by atoms with Crippen LogP contribution in [0.25, 0.3) is 11.1 Å². The number of aliphatic hydroxyl groups excluding tert-OH is 1. The van der Waals surface area contributed by atoms with Gasteiger partial charge >= 0.3 is 6.03 Å². The zero-order chi connectivity index (χ0) is 23.8. The van der Waals surface area contributed by atoms with Crippen molar-refractivity contribution < 1.29 is 19.1 Å². The number of hydrogen-bond donors (Lipinski definition) is 2. The molecule has 5 rings (SSSR count). The lowest BCUT2D eigenvalue weighted by Crippen LogP contribution is -2.73. The zero-order valence-corrected chi connectivity index (χ0v) is 18.8. The van der Waals surface area contributed by atoms with Crippen molar-refractivity contribution in [2.45, 2.75) is 24.9 Å². The first-order valence-electron chi connectivity index (χ1n) is 11.4. The molecule has 2 heterocycles. The Labute approximate surface area is 197 Å². The molecule has 6 nitrogen and oxygen atoms in total. The number of fused-ring (bicyclic) bond motifs is 1. The number of carbonyl (C=O) groups is 2. The SMILES string of the molecule is Cc1ccccc1-c1ccc([C@@H]2[C@@H](CO)N3C(=O)CN(C(=O)Nc4cccc(F)c4)C[C@H]23)cc1. The van der Waals surface area contributed by atoms with Gasteiger partial charge in [0.2, 0.25) is 5.91 Å². The Morgan fingerprint density at radius 3 is 2.56 bits per heavy atom. The number of nitrogens with zero attached hydrogens (tertiary/aromatic N) is 2. The monoisotopic (exact) mass is 459 g/mol. The van der Waals surface area contributed by atoms with E-state index in [0.717, 1.165) is 16.7 Å². The molecule has 0 spiro atoms. The predicted molar refractivity (Wildman–Crippen MR) is 128 cm³/mol. The molecule has 7 heteroatoms. The minimum Gasteiger partial charge on any atom is -0.394 e. The van der Waals surface area contributed by atoms with Crippen LogP contribution >= 0.6 is 0 Å². The van der Waals surface area contributed by atoms with Crippen LogP contribution in [0.2, 0.25) is 0 Å². The van der Waals surface area contributed by atoms with E-state index in [-0.39, 0.29) is 37.1 Å². The van der Waals surface area contributed by atoms with Crippen LogP contribution in [-0.4, -0.2) is 58.6 Å². The molecule has 3 aromatic rings. The van der Waals surface area contributed by atoms with Gasteiger partial charge in [-0.1, -0.05) is 54.6 Å². The third-order valence-electron chi connectivity index (χ3n) is 6.87. The molecule has 3 aromatic carbocycles. The molecule has 174 valence electrons. The van der Waals surface area contributed by atoms with Gasteiger partial charge < -0.3 is 20.2 Å². The lowest BCUT2D eigenvalue weighted by molar-refractivity contribution is -0.159. The van der Waals surface area contributed by atoms with Crippen LogP contribution in [0, 0.1) is 12.7 Å². The van der Waals surface area contributed by atoms with Gasteiger partial charge in [-0.05, 0) is 47.4 Å². The Kier molecular flexibility index (Phi) is 5.79. The summed E-state index contributed by atoms with van der Waals surface area (Å²) in [7, 11) is 0. The van der Waals surface area contributed by atoms with Crippen LogP contribution in [0.15, 0.2) is 72.8 Å². The van der Waals surface area contributed by atoms with E-state index in [0.29, 0.717) is 12.2 Å². The number of urea groups is 1. The van der Waals surface area contributed by atoms with E-state index in [9.17, 15) is 19.1 Å². The highest BCUT2D eigenvalue weighted by Gasteiger charge is 2.54. The summed E-state index contributed by atoms with van der Waals surface area (Å²) >= 11 is 0.